The number of anilines is 1. The molecule has 0 fully saturated rings. The number of allylic oxidation sites excluding steroid dienone is 1. The summed E-state index contributed by atoms with van der Waals surface area (Å²) < 4.78 is 15.4. The van der Waals surface area contributed by atoms with Crippen LogP contribution in [-0.2, 0) is 17.8 Å². The van der Waals surface area contributed by atoms with Crippen LogP contribution in [0.1, 0.15) is 25.4 Å². The summed E-state index contributed by atoms with van der Waals surface area (Å²) in [5.41, 5.74) is 0.722. The second-order valence-corrected chi connectivity index (χ2v) is 3.95. The predicted octanol–water partition coefficient (Wildman–Crippen LogP) is 1.97. The molecule has 0 radical (unpaired) electrons. The second kappa shape index (κ2) is 4.08. The topological polar surface area (TPSA) is 46.9 Å². The van der Waals surface area contributed by atoms with E-state index in [0.717, 1.165) is 5.69 Å². The molecule has 1 aliphatic rings. The van der Waals surface area contributed by atoms with E-state index in [1.807, 2.05) is 13.8 Å². The van der Waals surface area contributed by atoms with Crippen LogP contribution < -0.4 is 5.32 Å². The molecule has 0 saturated carbocycles. The zero-order valence-electron chi connectivity index (χ0n) is 9.33. The Morgan fingerprint density at radius 3 is 3.12 bits per heavy atom. The Balaban J connectivity index is 2.53. The maximum Gasteiger partial charge on any atom is 0.212 e. The van der Waals surface area contributed by atoms with Crippen LogP contribution in [-0.4, -0.2) is 16.0 Å². The van der Waals surface area contributed by atoms with Gasteiger partial charge in [-0.15, -0.1) is 0 Å². The van der Waals surface area contributed by atoms with Gasteiger partial charge in [-0.1, -0.05) is 13.8 Å². The van der Waals surface area contributed by atoms with Gasteiger partial charge in [-0.05, 0) is 18.4 Å². The van der Waals surface area contributed by atoms with Crippen molar-refractivity contribution in [3.8, 4) is 0 Å². The van der Waals surface area contributed by atoms with Crippen LogP contribution in [0.2, 0.25) is 0 Å². The van der Waals surface area contributed by atoms with Crippen LogP contribution in [0, 0.1) is 5.92 Å². The molecule has 2 heterocycles. The lowest BCUT2D eigenvalue weighted by atomic mass is 10.1. The summed E-state index contributed by atoms with van der Waals surface area (Å²) in [6.07, 6.45) is 2.83. The normalized spacial score (nSPS) is 18.9. The maximum atomic E-state index is 13.7. The fraction of sp³-hybridized carbons (Fsp3) is 0.455. The highest BCUT2D eigenvalue weighted by Gasteiger charge is 2.23. The van der Waals surface area contributed by atoms with Crippen LogP contribution in [0.5, 0.6) is 0 Å². The van der Waals surface area contributed by atoms with Crippen LogP contribution >= 0.6 is 0 Å². The zero-order valence-corrected chi connectivity index (χ0v) is 9.33. The van der Waals surface area contributed by atoms with Gasteiger partial charge in [0.15, 0.2) is 11.7 Å². The molecule has 1 amide bonds. The van der Waals surface area contributed by atoms with Gasteiger partial charge >= 0.3 is 0 Å². The van der Waals surface area contributed by atoms with Gasteiger partial charge in [0.05, 0.1) is 5.69 Å². The van der Waals surface area contributed by atoms with Crippen molar-refractivity contribution in [1.29, 1.82) is 0 Å². The van der Waals surface area contributed by atoms with E-state index in [9.17, 15) is 9.18 Å². The van der Waals surface area contributed by atoms with Gasteiger partial charge in [-0.25, -0.2) is 9.37 Å². The Hall–Kier alpha value is -1.65. The first kappa shape index (κ1) is 10.9. The quantitative estimate of drug-likeness (QED) is 0.796. The molecule has 1 N–H and O–H groups in total. The van der Waals surface area contributed by atoms with Crippen molar-refractivity contribution in [2.45, 2.75) is 26.8 Å². The average Bonchev–Trinajstić information content (AvgIpc) is 2.58. The molecule has 4 nitrogen and oxygen atoms in total. The smallest absolute Gasteiger partial charge is 0.212 e. The number of carbonyl (C=O) groups is 1. The summed E-state index contributed by atoms with van der Waals surface area (Å²) in [5, 5.41) is 2.60. The van der Waals surface area contributed by atoms with Crippen LogP contribution in [0.15, 0.2) is 6.08 Å². The summed E-state index contributed by atoms with van der Waals surface area (Å²) >= 11 is 0. The molecular formula is C11H14FN3O. The zero-order chi connectivity index (χ0) is 11.7. The predicted molar refractivity (Wildman–Crippen MR) is 59.5 cm³/mol. The molecule has 86 valence electrons. The fourth-order valence-corrected chi connectivity index (χ4v) is 1.99. The Morgan fingerprint density at radius 2 is 2.50 bits per heavy atom. The first-order chi connectivity index (χ1) is 7.67. The van der Waals surface area contributed by atoms with Crippen molar-refractivity contribution in [3.63, 3.8) is 0 Å². The minimum atomic E-state index is -0.313. The van der Waals surface area contributed by atoms with E-state index >= 15 is 0 Å². The van der Waals surface area contributed by atoms with Crippen LogP contribution in [0.25, 0.3) is 5.83 Å². The number of fused-ring (bicyclic) bond motifs is 1. The number of rotatable bonds is 3. The molecular weight excluding hydrogens is 209 g/mol. The molecule has 5 heteroatoms. The molecule has 0 saturated heterocycles. The number of imidazole rings is 1. The number of aryl methyl sites for hydroxylation is 1. The van der Waals surface area contributed by atoms with Crippen LogP contribution in [0.4, 0.5) is 10.2 Å². The molecule has 1 unspecified atom stereocenters. The summed E-state index contributed by atoms with van der Waals surface area (Å²) in [4.78, 5) is 14.7. The first-order valence-corrected chi connectivity index (χ1v) is 5.34. The van der Waals surface area contributed by atoms with Crippen molar-refractivity contribution in [2.24, 2.45) is 5.92 Å². The van der Waals surface area contributed by atoms with E-state index in [-0.39, 0.29) is 11.7 Å². The summed E-state index contributed by atoms with van der Waals surface area (Å²) in [7, 11) is 0. The van der Waals surface area contributed by atoms with E-state index in [4.69, 9.17) is 0 Å². The van der Waals surface area contributed by atoms with Crippen molar-refractivity contribution in [3.05, 3.63) is 17.6 Å². The first-order valence-electron chi connectivity index (χ1n) is 5.34. The van der Waals surface area contributed by atoms with Crippen LogP contribution in [0.3, 0.4) is 0 Å². The maximum absolute atomic E-state index is 13.7. The molecule has 1 aromatic rings. The number of nitrogens with one attached hydrogen (secondary N) is 1. The average molecular weight is 223 g/mol. The molecule has 1 aromatic heterocycles. The van der Waals surface area contributed by atoms with E-state index in [2.05, 4.69) is 10.3 Å². The van der Waals surface area contributed by atoms with E-state index in [1.165, 1.54) is 0 Å². The van der Waals surface area contributed by atoms with Crippen molar-refractivity contribution in [2.75, 3.05) is 5.32 Å². The monoisotopic (exact) mass is 223 g/mol. The summed E-state index contributed by atoms with van der Waals surface area (Å²) in [5.74, 6) is 0.730. The number of halogens is 1. The Bertz CT molecular complexity index is 450. The molecule has 16 heavy (non-hydrogen) atoms. The Morgan fingerprint density at radius 1 is 1.75 bits per heavy atom. The fourth-order valence-electron chi connectivity index (χ4n) is 1.99. The van der Waals surface area contributed by atoms with Crippen molar-refractivity contribution < 1.29 is 9.18 Å². The lowest BCUT2D eigenvalue weighted by Crippen LogP contribution is -2.16. The molecule has 0 aliphatic carbocycles. The van der Waals surface area contributed by atoms with E-state index in [0.29, 0.717) is 31.0 Å². The highest BCUT2D eigenvalue weighted by Crippen LogP contribution is 2.30. The largest absolute Gasteiger partial charge is 0.313 e. The molecule has 0 bridgehead atoms. The number of amides is 1. The van der Waals surface area contributed by atoms with Gasteiger partial charge in [0, 0.05) is 6.54 Å². The highest BCUT2D eigenvalue weighted by atomic mass is 19.1. The number of carbonyl (C=O) groups excluding carboxylic acids is 1. The van der Waals surface area contributed by atoms with Gasteiger partial charge in [-0.2, -0.15) is 0 Å². The molecule has 0 spiro atoms. The van der Waals surface area contributed by atoms with E-state index < -0.39 is 0 Å². The van der Waals surface area contributed by atoms with Gasteiger partial charge in [0.25, 0.3) is 0 Å². The SMILES string of the molecule is CCc1nc2n(c1NC=O)CC(C)C=C2F. The van der Waals surface area contributed by atoms with Gasteiger partial charge in [-0.3, -0.25) is 4.79 Å². The van der Waals surface area contributed by atoms with Gasteiger partial charge < -0.3 is 9.88 Å². The summed E-state index contributed by atoms with van der Waals surface area (Å²) in [6.45, 7) is 4.50. The lowest BCUT2D eigenvalue weighted by molar-refractivity contribution is -0.105. The molecule has 1 atom stereocenters. The lowest BCUT2D eigenvalue weighted by Gasteiger charge is -2.18. The number of hydrogen-bond donors (Lipinski definition) is 1. The Kier molecular flexibility index (Phi) is 2.77. The van der Waals surface area contributed by atoms with Crippen molar-refractivity contribution >= 4 is 18.1 Å². The molecule has 2 rings (SSSR count). The number of aromatic nitrogens is 2. The molecule has 1 aliphatic heterocycles. The third-order valence-electron chi connectivity index (χ3n) is 2.69. The minimum absolute atomic E-state index is 0.110. The van der Waals surface area contributed by atoms with Crippen molar-refractivity contribution in [1.82, 2.24) is 9.55 Å². The second-order valence-electron chi connectivity index (χ2n) is 3.95. The summed E-state index contributed by atoms with van der Waals surface area (Å²) in [6, 6.07) is 0. The highest BCUT2D eigenvalue weighted by molar-refractivity contribution is 5.72. The third kappa shape index (κ3) is 1.62. The third-order valence-corrected chi connectivity index (χ3v) is 2.69. The number of hydrogen-bond acceptors (Lipinski definition) is 2. The van der Waals surface area contributed by atoms with E-state index in [1.54, 1.807) is 10.6 Å². The molecule has 0 aromatic carbocycles. The standard InChI is InChI=1S/C11H14FN3O/c1-3-9-11(13-6-16)15-5-7(2)4-8(12)10(15)14-9/h4,6-7H,3,5H2,1-2H3,(H,13,16). The van der Waals surface area contributed by atoms with Gasteiger partial charge in [0.1, 0.15) is 5.82 Å². The Labute approximate surface area is 93.2 Å². The van der Waals surface area contributed by atoms with Gasteiger partial charge in [0.2, 0.25) is 6.41 Å². The minimum Gasteiger partial charge on any atom is -0.313 e. The number of nitrogens with zero attached hydrogens (tertiary/aromatic N) is 2.